The van der Waals surface area contributed by atoms with Gasteiger partial charge in [-0.2, -0.15) is 5.10 Å². The predicted molar refractivity (Wildman–Crippen MR) is 77.3 cm³/mol. The van der Waals surface area contributed by atoms with Crippen LogP contribution < -0.4 is 5.32 Å². The molecule has 0 aliphatic heterocycles. The maximum Gasteiger partial charge on any atom is 0.221 e. The summed E-state index contributed by atoms with van der Waals surface area (Å²) in [5, 5.41) is 8.90. The molecule has 0 fully saturated rings. The Morgan fingerprint density at radius 3 is 3.11 bits per heavy atom. The average Bonchev–Trinajstić information content (AvgIpc) is 2.79. The van der Waals surface area contributed by atoms with Crippen LogP contribution >= 0.6 is 11.6 Å². The van der Waals surface area contributed by atoms with Crippen LogP contribution in [-0.2, 0) is 11.3 Å². The van der Waals surface area contributed by atoms with Gasteiger partial charge in [-0.05, 0) is 24.6 Å². The van der Waals surface area contributed by atoms with Crippen LogP contribution in [0.4, 0.5) is 0 Å². The predicted octanol–water partition coefficient (Wildman–Crippen LogP) is 3.00. The first kappa shape index (κ1) is 13.9. The highest BCUT2D eigenvalue weighted by Gasteiger charge is 2.06. The van der Waals surface area contributed by atoms with E-state index >= 15 is 0 Å². The monoisotopic (exact) mass is 279 g/mol. The number of rotatable bonds is 6. The quantitative estimate of drug-likeness (QED) is 0.826. The number of fused-ring (bicyclic) bond motifs is 1. The number of hydrogen-bond acceptors (Lipinski definition) is 2. The highest BCUT2D eigenvalue weighted by Crippen LogP contribution is 2.19. The van der Waals surface area contributed by atoms with Gasteiger partial charge in [0.25, 0.3) is 0 Å². The van der Waals surface area contributed by atoms with Gasteiger partial charge in [-0.3, -0.25) is 9.48 Å². The van der Waals surface area contributed by atoms with Gasteiger partial charge in [0.15, 0.2) is 0 Å². The molecule has 0 spiro atoms. The number of nitrogens with one attached hydrogen (secondary N) is 1. The van der Waals surface area contributed by atoms with E-state index in [4.69, 9.17) is 11.6 Å². The van der Waals surface area contributed by atoms with E-state index in [1.807, 2.05) is 22.9 Å². The molecule has 0 saturated heterocycles. The van der Waals surface area contributed by atoms with Gasteiger partial charge in [-0.1, -0.05) is 24.9 Å². The normalized spacial score (nSPS) is 10.8. The number of aryl methyl sites for hydroxylation is 1. The molecule has 0 bridgehead atoms. The molecule has 1 heterocycles. The molecule has 1 N–H and O–H groups in total. The molecule has 0 unspecified atom stereocenters. The molecule has 0 saturated carbocycles. The van der Waals surface area contributed by atoms with Crippen LogP contribution in [0.5, 0.6) is 0 Å². The summed E-state index contributed by atoms with van der Waals surface area (Å²) in [7, 11) is 0. The summed E-state index contributed by atoms with van der Waals surface area (Å²) in [6.45, 7) is 3.43. The van der Waals surface area contributed by atoms with Crippen LogP contribution in [0.2, 0.25) is 5.02 Å². The number of nitrogens with zero attached hydrogens (tertiary/aromatic N) is 2. The molecule has 1 amide bonds. The van der Waals surface area contributed by atoms with Gasteiger partial charge >= 0.3 is 0 Å². The molecule has 1 aromatic heterocycles. The van der Waals surface area contributed by atoms with Gasteiger partial charge in [0.2, 0.25) is 5.91 Å². The molecule has 1 aromatic carbocycles. The number of halogens is 1. The highest BCUT2D eigenvalue weighted by atomic mass is 35.5. The van der Waals surface area contributed by atoms with Crippen molar-refractivity contribution in [2.24, 2.45) is 0 Å². The Labute approximate surface area is 117 Å². The Morgan fingerprint density at radius 2 is 2.32 bits per heavy atom. The molecule has 2 aromatic rings. The Bertz CT molecular complexity index is 565. The zero-order valence-electron chi connectivity index (χ0n) is 11.0. The SMILES string of the molecule is CCCCNC(=O)CCn1ncc2ccc(Cl)cc21. The van der Waals surface area contributed by atoms with Gasteiger partial charge in [-0.15, -0.1) is 0 Å². The van der Waals surface area contributed by atoms with Crippen molar-refractivity contribution in [2.75, 3.05) is 6.54 Å². The Hall–Kier alpha value is -1.55. The van der Waals surface area contributed by atoms with E-state index in [0.29, 0.717) is 18.0 Å². The second kappa shape index (κ2) is 6.57. The molecule has 5 heteroatoms. The van der Waals surface area contributed by atoms with Gasteiger partial charge < -0.3 is 5.32 Å². The van der Waals surface area contributed by atoms with Crippen molar-refractivity contribution < 1.29 is 4.79 Å². The molecular weight excluding hydrogens is 262 g/mol. The summed E-state index contributed by atoms with van der Waals surface area (Å²) in [6.07, 6.45) is 4.34. The second-order valence-corrected chi connectivity index (χ2v) is 4.96. The highest BCUT2D eigenvalue weighted by molar-refractivity contribution is 6.31. The fourth-order valence-corrected chi connectivity index (χ4v) is 2.09. The minimum atomic E-state index is 0.0686. The van der Waals surface area contributed by atoms with Crippen molar-refractivity contribution in [1.82, 2.24) is 15.1 Å². The summed E-state index contributed by atoms with van der Waals surface area (Å²) < 4.78 is 1.82. The van der Waals surface area contributed by atoms with Crippen molar-refractivity contribution in [3.8, 4) is 0 Å². The third-order valence-corrected chi connectivity index (χ3v) is 3.25. The lowest BCUT2D eigenvalue weighted by Gasteiger charge is -2.05. The summed E-state index contributed by atoms with van der Waals surface area (Å²) in [5.41, 5.74) is 0.967. The molecule has 0 aliphatic carbocycles. The molecule has 0 aliphatic rings. The van der Waals surface area contributed by atoms with E-state index in [1.54, 1.807) is 6.20 Å². The zero-order chi connectivity index (χ0) is 13.7. The second-order valence-electron chi connectivity index (χ2n) is 4.52. The van der Waals surface area contributed by atoms with Crippen LogP contribution in [0.1, 0.15) is 26.2 Å². The summed E-state index contributed by atoms with van der Waals surface area (Å²) in [4.78, 5) is 11.6. The van der Waals surface area contributed by atoms with Crippen LogP contribution in [0, 0.1) is 0 Å². The minimum absolute atomic E-state index is 0.0686. The molecule has 0 radical (unpaired) electrons. The van der Waals surface area contributed by atoms with E-state index in [0.717, 1.165) is 30.3 Å². The maximum atomic E-state index is 11.6. The summed E-state index contributed by atoms with van der Waals surface area (Å²) >= 11 is 5.97. The fraction of sp³-hybridized carbons (Fsp3) is 0.429. The first-order valence-electron chi connectivity index (χ1n) is 6.58. The molecule has 4 nitrogen and oxygen atoms in total. The third-order valence-electron chi connectivity index (χ3n) is 3.01. The Morgan fingerprint density at radius 1 is 1.47 bits per heavy atom. The number of carbonyl (C=O) groups excluding carboxylic acids is 1. The maximum absolute atomic E-state index is 11.6. The van der Waals surface area contributed by atoms with Gasteiger partial charge in [0, 0.05) is 23.4 Å². The molecule has 2 rings (SSSR count). The van der Waals surface area contributed by atoms with Crippen LogP contribution in [0.15, 0.2) is 24.4 Å². The van der Waals surface area contributed by atoms with E-state index in [9.17, 15) is 4.79 Å². The van der Waals surface area contributed by atoms with Crippen molar-refractivity contribution in [1.29, 1.82) is 0 Å². The van der Waals surface area contributed by atoms with Crippen molar-refractivity contribution >= 4 is 28.4 Å². The number of carbonyl (C=O) groups is 1. The van der Waals surface area contributed by atoms with E-state index < -0.39 is 0 Å². The molecule has 102 valence electrons. The van der Waals surface area contributed by atoms with Crippen LogP contribution in [0.3, 0.4) is 0 Å². The average molecular weight is 280 g/mol. The summed E-state index contributed by atoms with van der Waals surface area (Å²) in [5.74, 6) is 0.0686. The van der Waals surface area contributed by atoms with E-state index in [-0.39, 0.29) is 5.91 Å². The summed E-state index contributed by atoms with van der Waals surface area (Å²) in [6, 6.07) is 5.65. The van der Waals surface area contributed by atoms with E-state index in [2.05, 4.69) is 17.3 Å². The minimum Gasteiger partial charge on any atom is -0.356 e. The first-order valence-corrected chi connectivity index (χ1v) is 6.96. The lowest BCUT2D eigenvalue weighted by atomic mass is 10.2. The lowest BCUT2D eigenvalue weighted by Crippen LogP contribution is -2.25. The molecule has 19 heavy (non-hydrogen) atoms. The topological polar surface area (TPSA) is 46.9 Å². The largest absolute Gasteiger partial charge is 0.356 e. The Balaban J connectivity index is 1.94. The van der Waals surface area contributed by atoms with Gasteiger partial charge in [-0.25, -0.2) is 0 Å². The van der Waals surface area contributed by atoms with Gasteiger partial charge in [0.05, 0.1) is 18.3 Å². The first-order chi connectivity index (χ1) is 9.20. The van der Waals surface area contributed by atoms with Crippen LogP contribution in [0.25, 0.3) is 10.9 Å². The lowest BCUT2D eigenvalue weighted by molar-refractivity contribution is -0.121. The van der Waals surface area contributed by atoms with Crippen molar-refractivity contribution in [2.45, 2.75) is 32.7 Å². The van der Waals surface area contributed by atoms with Crippen molar-refractivity contribution in [3.63, 3.8) is 0 Å². The molecular formula is C14H18ClN3O. The van der Waals surface area contributed by atoms with Gasteiger partial charge in [0.1, 0.15) is 0 Å². The number of aromatic nitrogens is 2. The number of unbranched alkanes of at least 4 members (excludes halogenated alkanes) is 1. The standard InChI is InChI=1S/C14H18ClN3O/c1-2-3-7-16-14(19)6-8-18-13-9-12(15)5-4-11(13)10-17-18/h4-5,9-10H,2-3,6-8H2,1H3,(H,16,19). The number of benzene rings is 1. The van der Waals surface area contributed by atoms with Crippen LogP contribution in [-0.4, -0.2) is 22.2 Å². The number of hydrogen-bond donors (Lipinski definition) is 1. The third kappa shape index (κ3) is 3.70. The zero-order valence-corrected chi connectivity index (χ0v) is 11.8. The Kier molecular flexibility index (Phi) is 4.80. The fourth-order valence-electron chi connectivity index (χ4n) is 1.92. The number of amides is 1. The smallest absolute Gasteiger partial charge is 0.221 e. The van der Waals surface area contributed by atoms with E-state index in [1.165, 1.54) is 0 Å². The molecule has 0 atom stereocenters. The van der Waals surface area contributed by atoms with Crippen molar-refractivity contribution in [3.05, 3.63) is 29.4 Å².